The zero-order valence-electron chi connectivity index (χ0n) is 9.64. The van der Waals surface area contributed by atoms with Gasteiger partial charge in [0, 0.05) is 12.1 Å². The maximum Gasteiger partial charge on any atom is 0.00708 e. The summed E-state index contributed by atoms with van der Waals surface area (Å²) in [5.74, 6) is 1.72. The summed E-state index contributed by atoms with van der Waals surface area (Å²) in [5.41, 5.74) is 0. The fourth-order valence-corrected chi connectivity index (χ4v) is 1.79. The number of hydrogen-bond donors (Lipinski definition) is 1. The van der Waals surface area contributed by atoms with Gasteiger partial charge < -0.3 is 5.32 Å². The Bertz CT molecular complexity index is 140. The minimum absolute atomic E-state index is 0.710. The van der Waals surface area contributed by atoms with E-state index in [0.29, 0.717) is 6.04 Å². The largest absolute Gasteiger partial charge is 0.311 e. The van der Waals surface area contributed by atoms with E-state index in [4.69, 9.17) is 0 Å². The molecule has 1 saturated carbocycles. The van der Waals surface area contributed by atoms with Gasteiger partial charge in [-0.15, -0.1) is 0 Å². The van der Waals surface area contributed by atoms with Crippen molar-refractivity contribution in [2.24, 2.45) is 11.8 Å². The summed E-state index contributed by atoms with van der Waals surface area (Å²) in [6, 6.07) is 1.57. The quantitative estimate of drug-likeness (QED) is 0.667. The predicted octanol–water partition coefficient (Wildman–Crippen LogP) is 3.20. The molecule has 1 rings (SSSR count). The molecule has 1 nitrogen and oxygen atoms in total. The maximum atomic E-state index is 3.68. The van der Waals surface area contributed by atoms with E-state index in [0.717, 1.165) is 17.9 Å². The van der Waals surface area contributed by atoms with Gasteiger partial charge in [-0.25, -0.2) is 0 Å². The van der Waals surface area contributed by atoms with Gasteiger partial charge in [-0.2, -0.15) is 0 Å². The third-order valence-corrected chi connectivity index (χ3v) is 3.40. The summed E-state index contributed by atoms with van der Waals surface area (Å²) >= 11 is 0. The molecule has 0 aromatic carbocycles. The molecule has 0 bridgehead atoms. The van der Waals surface area contributed by atoms with Crippen LogP contribution in [0.5, 0.6) is 0 Å². The Morgan fingerprint density at radius 3 is 2.31 bits per heavy atom. The van der Waals surface area contributed by atoms with Crippen LogP contribution in [0.15, 0.2) is 0 Å². The zero-order valence-corrected chi connectivity index (χ0v) is 9.64. The zero-order chi connectivity index (χ0) is 9.84. The van der Waals surface area contributed by atoms with E-state index >= 15 is 0 Å². The Hall–Kier alpha value is -0.0400. The second-order valence-electron chi connectivity index (χ2n) is 4.96. The molecule has 0 amide bonds. The van der Waals surface area contributed by atoms with E-state index in [1.165, 1.54) is 25.7 Å². The molecule has 1 aliphatic rings. The van der Waals surface area contributed by atoms with Crippen molar-refractivity contribution in [2.45, 2.75) is 65.5 Å². The molecule has 1 N–H and O–H groups in total. The lowest BCUT2D eigenvalue weighted by Crippen LogP contribution is -2.34. The van der Waals surface area contributed by atoms with E-state index in [1.807, 2.05) is 0 Å². The Labute approximate surface area is 83.3 Å². The summed E-state index contributed by atoms with van der Waals surface area (Å²) in [6.45, 7) is 9.37. The van der Waals surface area contributed by atoms with Crippen molar-refractivity contribution in [2.75, 3.05) is 0 Å². The Morgan fingerprint density at radius 2 is 1.85 bits per heavy atom. The van der Waals surface area contributed by atoms with Crippen LogP contribution in [0.25, 0.3) is 0 Å². The van der Waals surface area contributed by atoms with Gasteiger partial charge in [-0.1, -0.05) is 27.2 Å². The van der Waals surface area contributed by atoms with Crippen LogP contribution in [0, 0.1) is 11.8 Å². The predicted molar refractivity (Wildman–Crippen MR) is 58.9 cm³/mol. The van der Waals surface area contributed by atoms with Crippen LogP contribution in [-0.4, -0.2) is 12.1 Å². The van der Waals surface area contributed by atoms with Crippen LogP contribution < -0.4 is 5.32 Å². The summed E-state index contributed by atoms with van der Waals surface area (Å²) in [5, 5.41) is 3.68. The van der Waals surface area contributed by atoms with Crippen LogP contribution in [-0.2, 0) is 0 Å². The monoisotopic (exact) mass is 183 g/mol. The molecule has 0 aromatic heterocycles. The molecule has 0 aromatic rings. The molecule has 78 valence electrons. The molecule has 0 saturated heterocycles. The molecule has 1 fully saturated rings. The normalized spacial score (nSPS) is 24.0. The number of hydrogen-bond acceptors (Lipinski definition) is 1. The summed E-state index contributed by atoms with van der Waals surface area (Å²) in [7, 11) is 0. The van der Waals surface area contributed by atoms with Gasteiger partial charge in [0.15, 0.2) is 0 Å². The minimum atomic E-state index is 0.710. The van der Waals surface area contributed by atoms with Crippen LogP contribution in [0.1, 0.15) is 53.4 Å². The highest BCUT2D eigenvalue weighted by atomic mass is 15.0. The highest BCUT2D eigenvalue weighted by molar-refractivity contribution is 4.85. The summed E-state index contributed by atoms with van der Waals surface area (Å²) in [4.78, 5) is 0. The Kier molecular flexibility index (Phi) is 4.24. The van der Waals surface area contributed by atoms with Crippen LogP contribution >= 0.6 is 0 Å². The molecule has 1 aliphatic carbocycles. The van der Waals surface area contributed by atoms with E-state index < -0.39 is 0 Å². The molecule has 13 heavy (non-hydrogen) atoms. The SMILES string of the molecule is CCC(C)CC(C)C(C)NC1CC1. The molecular formula is C12H25N. The molecule has 3 unspecified atom stereocenters. The first kappa shape index (κ1) is 11.0. The minimum Gasteiger partial charge on any atom is -0.311 e. The molecule has 0 aliphatic heterocycles. The highest BCUT2D eigenvalue weighted by Crippen LogP contribution is 2.23. The van der Waals surface area contributed by atoms with Gasteiger partial charge >= 0.3 is 0 Å². The van der Waals surface area contributed by atoms with Crippen molar-refractivity contribution in [3.63, 3.8) is 0 Å². The molecule has 0 heterocycles. The van der Waals surface area contributed by atoms with E-state index in [-0.39, 0.29) is 0 Å². The third-order valence-electron chi connectivity index (χ3n) is 3.40. The van der Waals surface area contributed by atoms with Gasteiger partial charge in [-0.3, -0.25) is 0 Å². The summed E-state index contributed by atoms with van der Waals surface area (Å²) in [6.07, 6.45) is 5.50. The fourth-order valence-electron chi connectivity index (χ4n) is 1.79. The molecule has 1 heteroatoms. The highest BCUT2D eigenvalue weighted by Gasteiger charge is 2.25. The molecule has 3 atom stereocenters. The van der Waals surface area contributed by atoms with Crippen molar-refractivity contribution in [3.05, 3.63) is 0 Å². The van der Waals surface area contributed by atoms with Crippen molar-refractivity contribution < 1.29 is 0 Å². The van der Waals surface area contributed by atoms with E-state index in [2.05, 4.69) is 33.0 Å². The average molecular weight is 183 g/mol. The Morgan fingerprint density at radius 1 is 1.23 bits per heavy atom. The second-order valence-corrected chi connectivity index (χ2v) is 4.96. The standard InChI is InChI=1S/C12H25N/c1-5-9(2)8-10(3)11(4)13-12-6-7-12/h9-13H,5-8H2,1-4H3. The molecule has 0 spiro atoms. The van der Waals surface area contributed by atoms with Crippen molar-refractivity contribution in [1.82, 2.24) is 5.32 Å². The van der Waals surface area contributed by atoms with Crippen LogP contribution in [0.4, 0.5) is 0 Å². The van der Waals surface area contributed by atoms with Crippen LogP contribution in [0.2, 0.25) is 0 Å². The molecular weight excluding hydrogens is 158 g/mol. The lowest BCUT2D eigenvalue weighted by atomic mass is 9.90. The lowest BCUT2D eigenvalue weighted by Gasteiger charge is -2.23. The van der Waals surface area contributed by atoms with Crippen LogP contribution in [0.3, 0.4) is 0 Å². The first-order chi connectivity index (χ1) is 6.13. The second kappa shape index (κ2) is 4.99. The topological polar surface area (TPSA) is 12.0 Å². The van der Waals surface area contributed by atoms with Crippen molar-refractivity contribution in [3.8, 4) is 0 Å². The first-order valence-corrected chi connectivity index (χ1v) is 5.89. The lowest BCUT2D eigenvalue weighted by molar-refractivity contribution is 0.323. The first-order valence-electron chi connectivity index (χ1n) is 5.89. The van der Waals surface area contributed by atoms with Gasteiger partial charge in [0.2, 0.25) is 0 Å². The summed E-state index contributed by atoms with van der Waals surface area (Å²) < 4.78 is 0. The fraction of sp³-hybridized carbons (Fsp3) is 1.00. The van der Waals surface area contributed by atoms with Crippen molar-refractivity contribution in [1.29, 1.82) is 0 Å². The van der Waals surface area contributed by atoms with Gasteiger partial charge in [0.05, 0.1) is 0 Å². The van der Waals surface area contributed by atoms with Gasteiger partial charge in [-0.05, 0) is 38.0 Å². The third kappa shape index (κ3) is 4.12. The smallest absolute Gasteiger partial charge is 0.00708 e. The van der Waals surface area contributed by atoms with Gasteiger partial charge in [0.25, 0.3) is 0 Å². The average Bonchev–Trinajstić information content (AvgIpc) is 2.87. The molecule has 0 radical (unpaired) electrons. The van der Waals surface area contributed by atoms with E-state index in [9.17, 15) is 0 Å². The van der Waals surface area contributed by atoms with E-state index in [1.54, 1.807) is 0 Å². The number of rotatable bonds is 6. The Balaban J connectivity index is 2.15. The maximum absolute atomic E-state index is 3.68. The number of nitrogens with one attached hydrogen (secondary N) is 1. The van der Waals surface area contributed by atoms with Gasteiger partial charge in [0.1, 0.15) is 0 Å². The van der Waals surface area contributed by atoms with Crippen molar-refractivity contribution >= 4 is 0 Å².